The quantitative estimate of drug-likeness (QED) is 0.926. The van der Waals surface area contributed by atoms with Crippen molar-refractivity contribution in [1.82, 2.24) is 5.32 Å². The topological polar surface area (TPSA) is 44.7 Å². The van der Waals surface area contributed by atoms with Crippen molar-refractivity contribution in [2.75, 3.05) is 18.0 Å². The van der Waals surface area contributed by atoms with Gasteiger partial charge in [-0.15, -0.1) is 0 Å². The van der Waals surface area contributed by atoms with Gasteiger partial charge in [0.2, 0.25) is 5.96 Å². The number of carbonyl (C=O) groups is 1. The van der Waals surface area contributed by atoms with E-state index in [1.165, 1.54) is 12.1 Å². The van der Waals surface area contributed by atoms with Gasteiger partial charge in [-0.05, 0) is 43.2 Å². The highest BCUT2D eigenvalue weighted by Crippen LogP contribution is 2.18. The van der Waals surface area contributed by atoms with E-state index in [0.29, 0.717) is 30.3 Å². The Morgan fingerprint density at radius 2 is 2.04 bits per heavy atom. The molecule has 0 fully saturated rings. The number of amides is 1. The average molecular weight is 311 g/mol. The molecule has 0 bridgehead atoms. The number of carbonyl (C=O) groups excluding carboxylic acids is 1. The van der Waals surface area contributed by atoms with Crippen LogP contribution < -0.4 is 10.2 Å². The molecule has 23 heavy (non-hydrogen) atoms. The lowest BCUT2D eigenvalue weighted by molar-refractivity contribution is 0.0975. The first-order valence-corrected chi connectivity index (χ1v) is 7.60. The molecule has 1 N–H and O–H groups in total. The van der Waals surface area contributed by atoms with E-state index in [0.717, 1.165) is 12.0 Å². The van der Waals surface area contributed by atoms with E-state index in [1.807, 2.05) is 36.1 Å². The van der Waals surface area contributed by atoms with Crippen molar-refractivity contribution < 1.29 is 9.18 Å². The number of hydrogen-bond acceptors (Lipinski definition) is 3. The number of nitrogens with one attached hydrogen (secondary N) is 1. The second-order valence-electron chi connectivity index (χ2n) is 5.46. The van der Waals surface area contributed by atoms with Gasteiger partial charge in [-0.1, -0.05) is 24.3 Å². The number of anilines is 1. The molecule has 2 aromatic rings. The second-order valence-corrected chi connectivity index (χ2v) is 5.46. The Bertz CT molecular complexity index is 757. The zero-order valence-corrected chi connectivity index (χ0v) is 12.9. The molecule has 0 radical (unpaired) electrons. The Kier molecular flexibility index (Phi) is 4.37. The first-order valence-electron chi connectivity index (χ1n) is 7.60. The molecule has 1 amide bonds. The average Bonchev–Trinajstić information content (AvgIpc) is 2.55. The summed E-state index contributed by atoms with van der Waals surface area (Å²) in [5.41, 5.74) is 2.20. The van der Waals surface area contributed by atoms with Crippen molar-refractivity contribution in [2.45, 2.75) is 13.3 Å². The summed E-state index contributed by atoms with van der Waals surface area (Å²) in [5.74, 6) is -0.0436. The predicted molar refractivity (Wildman–Crippen MR) is 89.3 cm³/mol. The zero-order valence-electron chi connectivity index (χ0n) is 12.9. The summed E-state index contributed by atoms with van der Waals surface area (Å²) in [7, 11) is 0. The number of rotatable bonds is 2. The normalized spacial score (nSPS) is 14.3. The van der Waals surface area contributed by atoms with Gasteiger partial charge in [0.25, 0.3) is 5.91 Å². The summed E-state index contributed by atoms with van der Waals surface area (Å²) in [6.45, 7) is 3.23. The molecular formula is C18H18FN3O. The van der Waals surface area contributed by atoms with Crippen LogP contribution in [-0.2, 0) is 0 Å². The second kappa shape index (κ2) is 6.60. The Morgan fingerprint density at radius 1 is 1.22 bits per heavy atom. The summed E-state index contributed by atoms with van der Waals surface area (Å²) in [5, 5.41) is 2.86. The molecule has 0 aliphatic carbocycles. The molecule has 0 spiro atoms. The van der Waals surface area contributed by atoms with E-state index in [-0.39, 0.29) is 11.7 Å². The minimum absolute atomic E-state index is 0.204. The van der Waals surface area contributed by atoms with E-state index >= 15 is 0 Å². The van der Waals surface area contributed by atoms with Crippen molar-refractivity contribution in [3.8, 4) is 0 Å². The number of nitrogens with zero attached hydrogens (tertiary/aromatic N) is 2. The fourth-order valence-electron chi connectivity index (χ4n) is 2.60. The molecular weight excluding hydrogens is 293 g/mol. The van der Waals surface area contributed by atoms with Gasteiger partial charge in [-0.25, -0.2) is 4.39 Å². The molecule has 0 saturated heterocycles. The maximum absolute atomic E-state index is 13.5. The van der Waals surface area contributed by atoms with Gasteiger partial charge in [-0.3, -0.25) is 15.1 Å². The highest BCUT2D eigenvalue weighted by atomic mass is 19.1. The third-order valence-corrected chi connectivity index (χ3v) is 3.79. The summed E-state index contributed by atoms with van der Waals surface area (Å²) in [6.07, 6.45) is 0.861. The van der Waals surface area contributed by atoms with Crippen molar-refractivity contribution in [1.29, 1.82) is 0 Å². The maximum Gasteiger partial charge on any atom is 0.258 e. The molecule has 118 valence electrons. The van der Waals surface area contributed by atoms with Crippen LogP contribution in [0.5, 0.6) is 0 Å². The lowest BCUT2D eigenvalue weighted by Gasteiger charge is -2.29. The maximum atomic E-state index is 13.5. The Hall–Kier alpha value is -2.69. The van der Waals surface area contributed by atoms with Crippen molar-refractivity contribution in [3.05, 3.63) is 65.5 Å². The molecule has 1 heterocycles. The van der Waals surface area contributed by atoms with E-state index in [2.05, 4.69) is 10.3 Å². The first kappa shape index (κ1) is 15.2. The third-order valence-electron chi connectivity index (χ3n) is 3.79. The summed E-state index contributed by atoms with van der Waals surface area (Å²) in [6, 6.07) is 13.7. The number of hydrogen-bond donors (Lipinski definition) is 1. The molecule has 1 aliphatic heterocycles. The molecule has 0 saturated carbocycles. The molecule has 0 atom stereocenters. The Labute approximate surface area is 134 Å². The minimum Gasteiger partial charge on any atom is -0.312 e. The molecule has 0 unspecified atom stereocenters. The van der Waals surface area contributed by atoms with E-state index < -0.39 is 0 Å². The summed E-state index contributed by atoms with van der Waals surface area (Å²) in [4.78, 5) is 18.7. The van der Waals surface area contributed by atoms with Crippen LogP contribution in [0.2, 0.25) is 0 Å². The summed E-state index contributed by atoms with van der Waals surface area (Å²) >= 11 is 0. The van der Waals surface area contributed by atoms with Crippen LogP contribution >= 0.6 is 0 Å². The number of halogens is 1. The number of aryl methyl sites for hydroxylation is 1. The van der Waals surface area contributed by atoms with Gasteiger partial charge in [0, 0.05) is 24.3 Å². The molecule has 2 aromatic carbocycles. The van der Waals surface area contributed by atoms with E-state index in [1.54, 1.807) is 12.1 Å². The first-order chi connectivity index (χ1) is 11.1. The van der Waals surface area contributed by atoms with Gasteiger partial charge in [0.1, 0.15) is 5.82 Å². The lowest BCUT2D eigenvalue weighted by atomic mass is 10.1. The molecule has 5 heteroatoms. The van der Waals surface area contributed by atoms with Crippen LogP contribution in [0.25, 0.3) is 0 Å². The van der Waals surface area contributed by atoms with Gasteiger partial charge >= 0.3 is 0 Å². The number of benzene rings is 2. The van der Waals surface area contributed by atoms with Crippen LogP contribution in [0.15, 0.2) is 53.5 Å². The molecule has 4 nitrogen and oxygen atoms in total. The van der Waals surface area contributed by atoms with Gasteiger partial charge in [0.05, 0.1) is 0 Å². The van der Waals surface area contributed by atoms with Gasteiger partial charge in [0.15, 0.2) is 0 Å². The lowest BCUT2D eigenvalue weighted by Crippen LogP contribution is -2.47. The monoisotopic (exact) mass is 311 g/mol. The van der Waals surface area contributed by atoms with E-state index in [9.17, 15) is 9.18 Å². The fraction of sp³-hybridized carbons (Fsp3) is 0.222. The smallest absolute Gasteiger partial charge is 0.258 e. The SMILES string of the molecule is Cc1ccccc1C(=O)NC1=NCCCN1c1cccc(F)c1. The molecule has 3 rings (SSSR count). The molecule has 0 aromatic heterocycles. The van der Waals surface area contributed by atoms with Crippen molar-refractivity contribution >= 4 is 17.6 Å². The van der Waals surface area contributed by atoms with Gasteiger partial charge < -0.3 is 4.90 Å². The van der Waals surface area contributed by atoms with Crippen LogP contribution in [0.3, 0.4) is 0 Å². The number of aliphatic imine (C=N–C) groups is 1. The minimum atomic E-state index is -0.308. The summed E-state index contributed by atoms with van der Waals surface area (Å²) < 4.78 is 13.5. The van der Waals surface area contributed by atoms with Crippen LogP contribution in [0.1, 0.15) is 22.3 Å². The highest BCUT2D eigenvalue weighted by Gasteiger charge is 2.20. The zero-order chi connectivity index (χ0) is 16.2. The highest BCUT2D eigenvalue weighted by molar-refractivity contribution is 6.11. The van der Waals surface area contributed by atoms with Crippen LogP contribution in [-0.4, -0.2) is 25.0 Å². The third kappa shape index (κ3) is 3.39. The Balaban J connectivity index is 1.84. The van der Waals surface area contributed by atoms with Crippen LogP contribution in [0.4, 0.5) is 10.1 Å². The van der Waals surface area contributed by atoms with Crippen molar-refractivity contribution in [3.63, 3.8) is 0 Å². The van der Waals surface area contributed by atoms with Crippen LogP contribution in [0, 0.1) is 12.7 Å². The largest absolute Gasteiger partial charge is 0.312 e. The Morgan fingerprint density at radius 3 is 2.83 bits per heavy atom. The predicted octanol–water partition coefficient (Wildman–Crippen LogP) is 3.13. The van der Waals surface area contributed by atoms with E-state index in [4.69, 9.17) is 0 Å². The fourth-order valence-corrected chi connectivity index (χ4v) is 2.60. The van der Waals surface area contributed by atoms with Gasteiger partial charge in [-0.2, -0.15) is 0 Å². The molecule has 1 aliphatic rings. The standard InChI is InChI=1S/C18H18FN3O/c1-13-6-2-3-9-16(13)17(23)21-18-20-10-5-11-22(18)15-8-4-7-14(19)12-15/h2-4,6-9,12H,5,10-11H2,1H3,(H,20,21,23). The van der Waals surface area contributed by atoms with Crippen molar-refractivity contribution in [2.24, 2.45) is 4.99 Å². The number of guanidine groups is 1.